The summed E-state index contributed by atoms with van der Waals surface area (Å²) in [5, 5.41) is 7.18. The Morgan fingerprint density at radius 3 is 2.31 bits per heavy atom. The minimum absolute atomic E-state index is 0.0329. The molecule has 1 aromatic rings. The zero-order valence-electron chi connectivity index (χ0n) is 18.3. The Morgan fingerprint density at radius 2 is 1.69 bits per heavy atom. The van der Waals surface area contributed by atoms with Gasteiger partial charge in [-0.05, 0) is 43.7 Å². The maximum atomic E-state index is 12.0. The van der Waals surface area contributed by atoms with Crippen LogP contribution in [-0.2, 0) is 11.3 Å². The second-order valence-electron chi connectivity index (χ2n) is 8.70. The van der Waals surface area contributed by atoms with Gasteiger partial charge in [0, 0.05) is 45.8 Å². The number of nitrogens with one attached hydrogen (secondary N) is 2. The van der Waals surface area contributed by atoms with Gasteiger partial charge in [-0.1, -0.05) is 37.1 Å². The van der Waals surface area contributed by atoms with E-state index in [-0.39, 0.29) is 12.5 Å². The van der Waals surface area contributed by atoms with Crippen LogP contribution in [-0.4, -0.2) is 67.5 Å². The van der Waals surface area contributed by atoms with E-state index in [9.17, 15) is 4.79 Å². The number of carbonyl (C=O) groups excluding carboxylic acids is 1. The van der Waals surface area contributed by atoms with Crippen molar-refractivity contribution in [2.24, 2.45) is 4.99 Å². The Balaban J connectivity index is 1.52. The Labute approximate surface area is 175 Å². The molecule has 1 aliphatic carbocycles. The van der Waals surface area contributed by atoms with Gasteiger partial charge in [0.25, 0.3) is 0 Å². The molecule has 29 heavy (non-hydrogen) atoms. The van der Waals surface area contributed by atoms with E-state index in [2.05, 4.69) is 51.7 Å². The summed E-state index contributed by atoms with van der Waals surface area (Å²) < 4.78 is 0. The minimum atomic E-state index is 0.0329. The number of hydrogen-bond donors (Lipinski definition) is 2. The van der Waals surface area contributed by atoms with Crippen molar-refractivity contribution in [1.82, 2.24) is 20.4 Å². The van der Waals surface area contributed by atoms with E-state index in [0.29, 0.717) is 12.1 Å². The number of hydrogen-bond acceptors (Lipinski definition) is 3. The molecule has 2 N–H and O–H groups in total. The summed E-state index contributed by atoms with van der Waals surface area (Å²) in [7, 11) is 3.55. The average molecular weight is 400 g/mol. The maximum absolute atomic E-state index is 12.0. The summed E-state index contributed by atoms with van der Waals surface area (Å²) >= 11 is 0. The number of guanidine groups is 1. The van der Waals surface area contributed by atoms with Crippen LogP contribution in [0.15, 0.2) is 29.3 Å². The number of likely N-dealkylation sites (tertiary alicyclic amines) is 1. The van der Waals surface area contributed by atoms with E-state index in [1.54, 1.807) is 19.0 Å². The highest BCUT2D eigenvalue weighted by Crippen LogP contribution is 2.18. The van der Waals surface area contributed by atoms with Crippen molar-refractivity contribution in [2.75, 3.05) is 33.7 Å². The van der Waals surface area contributed by atoms with Gasteiger partial charge >= 0.3 is 0 Å². The first-order valence-electron chi connectivity index (χ1n) is 11.1. The quantitative estimate of drug-likeness (QED) is 0.570. The van der Waals surface area contributed by atoms with Crippen LogP contribution in [0.25, 0.3) is 0 Å². The van der Waals surface area contributed by atoms with Gasteiger partial charge in [-0.3, -0.25) is 9.69 Å². The lowest BCUT2D eigenvalue weighted by molar-refractivity contribution is -0.127. The van der Waals surface area contributed by atoms with Gasteiger partial charge in [0.15, 0.2) is 5.96 Å². The molecule has 1 amide bonds. The summed E-state index contributed by atoms with van der Waals surface area (Å²) in [6, 6.07) is 9.55. The highest BCUT2D eigenvalue weighted by atomic mass is 16.2. The summed E-state index contributed by atoms with van der Waals surface area (Å²) in [4.78, 5) is 20.7. The molecule has 6 nitrogen and oxygen atoms in total. The van der Waals surface area contributed by atoms with Crippen LogP contribution in [0.4, 0.5) is 0 Å². The first kappa shape index (κ1) is 21.6. The zero-order valence-corrected chi connectivity index (χ0v) is 18.3. The molecule has 2 fully saturated rings. The van der Waals surface area contributed by atoms with Crippen LogP contribution in [0.1, 0.15) is 49.7 Å². The summed E-state index contributed by atoms with van der Waals surface area (Å²) in [6.07, 6.45) is 7.13. The maximum Gasteiger partial charge on any atom is 0.243 e. The lowest BCUT2D eigenvalue weighted by Crippen LogP contribution is -2.50. The van der Waals surface area contributed by atoms with E-state index in [4.69, 9.17) is 0 Å². The van der Waals surface area contributed by atoms with Gasteiger partial charge in [-0.2, -0.15) is 0 Å². The second-order valence-corrected chi connectivity index (χ2v) is 8.70. The predicted octanol–water partition coefficient (Wildman–Crippen LogP) is 2.53. The fraction of sp³-hybridized carbons (Fsp3) is 0.652. The Bertz CT molecular complexity index is 688. The second kappa shape index (κ2) is 10.6. The lowest BCUT2D eigenvalue weighted by Gasteiger charge is -2.33. The smallest absolute Gasteiger partial charge is 0.243 e. The third-order valence-corrected chi connectivity index (χ3v) is 6.15. The molecule has 6 heteroatoms. The van der Waals surface area contributed by atoms with Crippen LogP contribution in [0.5, 0.6) is 0 Å². The number of carbonyl (C=O) groups is 1. The molecule has 1 saturated carbocycles. The zero-order chi connectivity index (χ0) is 20.6. The molecule has 1 aromatic carbocycles. The molecular weight excluding hydrogens is 362 g/mol. The summed E-state index contributed by atoms with van der Waals surface area (Å²) in [5.74, 6) is 0.843. The first-order valence-corrected chi connectivity index (χ1v) is 11.1. The molecule has 1 heterocycles. The van der Waals surface area contributed by atoms with Gasteiger partial charge in [-0.15, -0.1) is 0 Å². The fourth-order valence-corrected chi connectivity index (χ4v) is 4.14. The highest BCUT2D eigenvalue weighted by Gasteiger charge is 2.22. The van der Waals surface area contributed by atoms with Gasteiger partial charge in [0.1, 0.15) is 6.54 Å². The summed E-state index contributed by atoms with van der Waals surface area (Å²) in [6.45, 7) is 5.58. The van der Waals surface area contributed by atoms with Gasteiger partial charge in [0.05, 0.1) is 0 Å². The molecule has 0 aromatic heterocycles. The molecule has 0 atom stereocenters. The van der Waals surface area contributed by atoms with Crippen LogP contribution >= 0.6 is 0 Å². The molecular formula is C23H37N5O. The number of nitrogens with zero attached hydrogens (tertiary/aromatic N) is 3. The molecule has 1 saturated heterocycles. The third kappa shape index (κ3) is 6.74. The normalized spacial score (nSPS) is 19.3. The molecule has 0 unspecified atom stereocenters. The Hall–Kier alpha value is -2.08. The average Bonchev–Trinajstić information content (AvgIpc) is 3.22. The highest BCUT2D eigenvalue weighted by molar-refractivity contribution is 5.85. The van der Waals surface area contributed by atoms with Gasteiger partial charge < -0.3 is 15.5 Å². The number of rotatable bonds is 6. The van der Waals surface area contributed by atoms with Crippen molar-refractivity contribution in [3.8, 4) is 0 Å². The lowest BCUT2D eigenvalue weighted by atomic mass is 10.0. The van der Waals surface area contributed by atoms with E-state index in [0.717, 1.165) is 38.4 Å². The number of aliphatic imine (C=N–C) groups is 1. The SMILES string of the molecule is Cc1ccccc1CN1CCC(NC(=NCC(=O)N(C)C)NC2CCCC2)CC1. The molecule has 1 aliphatic heterocycles. The van der Waals surface area contributed by atoms with E-state index in [1.165, 1.54) is 36.8 Å². The topological polar surface area (TPSA) is 60.0 Å². The van der Waals surface area contributed by atoms with Crippen molar-refractivity contribution in [2.45, 2.75) is 64.1 Å². The standard InChI is InChI=1S/C23H37N5O/c1-18-8-4-5-9-19(18)17-28-14-12-21(13-15-28)26-23(24-16-22(29)27(2)3)25-20-10-6-7-11-20/h4-5,8-9,20-21H,6-7,10-17H2,1-3H3,(H2,24,25,26). The van der Waals surface area contributed by atoms with Gasteiger partial charge in [0.2, 0.25) is 5.91 Å². The van der Waals surface area contributed by atoms with Crippen LogP contribution in [0, 0.1) is 6.92 Å². The molecule has 0 spiro atoms. The minimum Gasteiger partial charge on any atom is -0.354 e. The Kier molecular flexibility index (Phi) is 7.92. The largest absolute Gasteiger partial charge is 0.354 e. The molecule has 0 radical (unpaired) electrons. The number of aryl methyl sites for hydroxylation is 1. The van der Waals surface area contributed by atoms with Gasteiger partial charge in [-0.25, -0.2) is 4.99 Å². The number of benzene rings is 1. The number of amides is 1. The van der Waals surface area contributed by atoms with Crippen LogP contribution < -0.4 is 10.6 Å². The first-order chi connectivity index (χ1) is 14.0. The third-order valence-electron chi connectivity index (χ3n) is 6.15. The van der Waals surface area contributed by atoms with Crippen molar-refractivity contribution in [1.29, 1.82) is 0 Å². The van der Waals surface area contributed by atoms with Crippen LogP contribution in [0.3, 0.4) is 0 Å². The number of likely N-dealkylation sites (N-methyl/N-ethyl adjacent to an activating group) is 1. The van der Waals surface area contributed by atoms with Crippen molar-refractivity contribution in [3.05, 3.63) is 35.4 Å². The van der Waals surface area contributed by atoms with E-state index < -0.39 is 0 Å². The summed E-state index contributed by atoms with van der Waals surface area (Å²) in [5.41, 5.74) is 2.79. The van der Waals surface area contributed by atoms with Crippen LogP contribution in [0.2, 0.25) is 0 Å². The Morgan fingerprint density at radius 1 is 1.07 bits per heavy atom. The molecule has 160 valence electrons. The monoisotopic (exact) mass is 399 g/mol. The molecule has 0 bridgehead atoms. The fourth-order valence-electron chi connectivity index (χ4n) is 4.14. The predicted molar refractivity (Wildman–Crippen MR) is 119 cm³/mol. The number of piperidine rings is 1. The van der Waals surface area contributed by atoms with Crippen molar-refractivity contribution in [3.63, 3.8) is 0 Å². The molecule has 2 aliphatic rings. The van der Waals surface area contributed by atoms with Crippen molar-refractivity contribution < 1.29 is 4.79 Å². The van der Waals surface area contributed by atoms with Crippen molar-refractivity contribution >= 4 is 11.9 Å². The van der Waals surface area contributed by atoms with E-state index in [1.807, 2.05) is 0 Å². The van der Waals surface area contributed by atoms with E-state index >= 15 is 0 Å². The molecule has 3 rings (SSSR count).